The lowest BCUT2D eigenvalue weighted by Crippen LogP contribution is -2.47. The molecule has 2 aromatic heterocycles. The minimum absolute atomic E-state index is 0.138. The number of piperidine rings is 1. The average molecular weight is 323 g/mol. The Morgan fingerprint density at radius 1 is 1.17 bits per heavy atom. The molecule has 0 aromatic carbocycles. The van der Waals surface area contributed by atoms with Gasteiger partial charge in [0.2, 0.25) is 0 Å². The lowest BCUT2D eigenvalue weighted by atomic mass is 9.83. The van der Waals surface area contributed by atoms with Crippen LogP contribution in [0.15, 0.2) is 23.0 Å². The molecule has 0 spiro atoms. The predicted octanol–water partition coefficient (Wildman–Crippen LogP) is 1.17. The van der Waals surface area contributed by atoms with E-state index in [9.17, 15) is 4.79 Å². The van der Waals surface area contributed by atoms with Crippen LogP contribution < -0.4 is 15.8 Å². The molecule has 24 heavy (non-hydrogen) atoms. The van der Waals surface area contributed by atoms with Crippen LogP contribution >= 0.6 is 0 Å². The first kappa shape index (κ1) is 14.2. The number of aryl methyl sites for hydroxylation is 1. The van der Waals surface area contributed by atoms with E-state index in [2.05, 4.69) is 21.3 Å². The van der Waals surface area contributed by atoms with Crippen LogP contribution in [0.2, 0.25) is 0 Å². The Balaban J connectivity index is 1.55. The molecule has 1 saturated heterocycles. The van der Waals surface area contributed by atoms with Crippen LogP contribution in [0.5, 0.6) is 0 Å². The fourth-order valence-corrected chi connectivity index (χ4v) is 4.60. The number of aromatic nitrogens is 3. The molecule has 1 N–H and O–H groups in total. The van der Waals surface area contributed by atoms with Gasteiger partial charge in [-0.2, -0.15) is 0 Å². The van der Waals surface area contributed by atoms with Gasteiger partial charge in [0.1, 0.15) is 11.6 Å². The highest BCUT2D eigenvalue weighted by Gasteiger charge is 2.36. The maximum atomic E-state index is 12.2. The third kappa shape index (κ3) is 2.09. The zero-order chi connectivity index (χ0) is 16.3. The molecule has 0 amide bonds. The van der Waals surface area contributed by atoms with Crippen LogP contribution in [0.4, 0.5) is 5.82 Å². The molecule has 5 rings (SSSR count). The molecule has 3 aliphatic rings. The van der Waals surface area contributed by atoms with Crippen molar-refractivity contribution in [3.8, 4) is 0 Å². The van der Waals surface area contributed by atoms with Gasteiger partial charge in [-0.05, 0) is 25.3 Å². The predicted molar refractivity (Wildman–Crippen MR) is 91.1 cm³/mol. The van der Waals surface area contributed by atoms with Crippen molar-refractivity contribution in [2.75, 3.05) is 18.0 Å². The van der Waals surface area contributed by atoms with Crippen molar-refractivity contribution in [3.05, 3.63) is 51.3 Å². The summed E-state index contributed by atoms with van der Waals surface area (Å²) in [5, 5.41) is 3.39. The molecule has 1 fully saturated rings. The highest BCUT2D eigenvalue weighted by atomic mass is 16.1. The van der Waals surface area contributed by atoms with Crippen molar-refractivity contribution >= 4 is 5.82 Å². The molecule has 0 unspecified atom stereocenters. The van der Waals surface area contributed by atoms with E-state index >= 15 is 0 Å². The summed E-state index contributed by atoms with van der Waals surface area (Å²) >= 11 is 0. The minimum Gasteiger partial charge on any atom is -0.355 e. The van der Waals surface area contributed by atoms with Gasteiger partial charge in [0.25, 0.3) is 5.56 Å². The van der Waals surface area contributed by atoms with Crippen LogP contribution in [-0.4, -0.2) is 27.6 Å². The second-order valence-corrected chi connectivity index (χ2v) is 7.23. The Hall–Kier alpha value is -2.21. The second kappa shape index (κ2) is 5.14. The normalized spacial score (nSPS) is 24.6. The summed E-state index contributed by atoms with van der Waals surface area (Å²) in [7, 11) is 0. The van der Waals surface area contributed by atoms with Gasteiger partial charge in [-0.3, -0.25) is 4.79 Å². The first-order chi connectivity index (χ1) is 11.7. The highest BCUT2D eigenvalue weighted by molar-refractivity contribution is 5.52. The molecule has 0 aliphatic carbocycles. The fourth-order valence-electron chi connectivity index (χ4n) is 4.60. The molecular weight excluding hydrogens is 302 g/mol. The van der Waals surface area contributed by atoms with Crippen LogP contribution in [0.1, 0.15) is 35.1 Å². The van der Waals surface area contributed by atoms with Crippen molar-refractivity contribution in [1.82, 2.24) is 19.9 Å². The summed E-state index contributed by atoms with van der Waals surface area (Å²) in [5.41, 5.74) is 3.72. The number of fused-ring (bicyclic) bond motifs is 5. The maximum absolute atomic E-state index is 12.2. The summed E-state index contributed by atoms with van der Waals surface area (Å²) in [4.78, 5) is 24.0. The molecule has 6 heteroatoms. The fraction of sp³-hybridized carbons (Fsp3) is 0.500. The number of pyridine rings is 1. The monoisotopic (exact) mass is 323 g/mol. The van der Waals surface area contributed by atoms with E-state index in [-0.39, 0.29) is 5.56 Å². The van der Waals surface area contributed by atoms with Crippen LogP contribution in [0, 0.1) is 12.8 Å². The lowest BCUT2D eigenvalue weighted by molar-refractivity contribution is 0.280. The largest absolute Gasteiger partial charge is 0.355 e. The highest BCUT2D eigenvalue weighted by Crippen LogP contribution is 2.38. The Bertz CT molecular complexity index is 874. The Morgan fingerprint density at radius 2 is 2.08 bits per heavy atom. The smallest absolute Gasteiger partial charge is 0.250 e. The van der Waals surface area contributed by atoms with E-state index in [1.54, 1.807) is 6.07 Å². The number of hydrogen-bond donors (Lipinski definition) is 1. The van der Waals surface area contributed by atoms with Gasteiger partial charge in [0, 0.05) is 56.0 Å². The molecule has 5 heterocycles. The van der Waals surface area contributed by atoms with Crippen molar-refractivity contribution in [3.63, 3.8) is 0 Å². The van der Waals surface area contributed by atoms with E-state index in [1.807, 2.05) is 17.6 Å². The van der Waals surface area contributed by atoms with Gasteiger partial charge < -0.3 is 14.8 Å². The van der Waals surface area contributed by atoms with E-state index < -0.39 is 0 Å². The SMILES string of the molecule is Cc1nc2c(c(N3C[C@@H]4C[C@@H](C3)c3cccc(=O)n3C4)n1)CNC2. The number of rotatable bonds is 1. The third-order valence-corrected chi connectivity index (χ3v) is 5.56. The Morgan fingerprint density at radius 3 is 3.00 bits per heavy atom. The third-order valence-electron chi connectivity index (χ3n) is 5.56. The van der Waals surface area contributed by atoms with Gasteiger partial charge in [0.15, 0.2) is 0 Å². The Kier molecular flexibility index (Phi) is 3.03. The molecule has 3 aliphatic heterocycles. The van der Waals surface area contributed by atoms with Gasteiger partial charge in [0.05, 0.1) is 5.69 Å². The summed E-state index contributed by atoms with van der Waals surface area (Å²) < 4.78 is 1.98. The van der Waals surface area contributed by atoms with Crippen LogP contribution in [0.3, 0.4) is 0 Å². The van der Waals surface area contributed by atoms with Gasteiger partial charge in [-0.15, -0.1) is 0 Å². The summed E-state index contributed by atoms with van der Waals surface area (Å²) in [5.74, 6) is 2.87. The molecule has 2 atom stereocenters. The van der Waals surface area contributed by atoms with Crippen molar-refractivity contribution < 1.29 is 0 Å². The van der Waals surface area contributed by atoms with E-state index in [0.717, 1.165) is 50.1 Å². The molecular formula is C18H21N5O. The molecule has 6 nitrogen and oxygen atoms in total. The first-order valence-electron chi connectivity index (χ1n) is 8.71. The van der Waals surface area contributed by atoms with E-state index in [0.29, 0.717) is 11.8 Å². The number of nitrogens with zero attached hydrogens (tertiary/aromatic N) is 4. The lowest BCUT2D eigenvalue weighted by Gasteiger charge is -2.43. The van der Waals surface area contributed by atoms with Crippen LogP contribution in [0.25, 0.3) is 0 Å². The zero-order valence-corrected chi connectivity index (χ0v) is 13.8. The topological polar surface area (TPSA) is 63.1 Å². The van der Waals surface area contributed by atoms with Gasteiger partial charge >= 0.3 is 0 Å². The van der Waals surface area contributed by atoms with E-state index in [4.69, 9.17) is 4.98 Å². The quantitative estimate of drug-likeness (QED) is 0.854. The molecule has 2 bridgehead atoms. The zero-order valence-electron chi connectivity index (χ0n) is 13.8. The number of hydrogen-bond acceptors (Lipinski definition) is 5. The number of nitrogens with one attached hydrogen (secondary N) is 1. The minimum atomic E-state index is 0.138. The maximum Gasteiger partial charge on any atom is 0.250 e. The first-order valence-corrected chi connectivity index (χ1v) is 8.71. The second-order valence-electron chi connectivity index (χ2n) is 7.23. The Labute approximate surface area is 140 Å². The number of anilines is 1. The molecule has 0 saturated carbocycles. The molecule has 2 aromatic rings. The van der Waals surface area contributed by atoms with Crippen molar-refractivity contribution in [1.29, 1.82) is 0 Å². The summed E-state index contributed by atoms with van der Waals surface area (Å²) in [6.07, 6.45) is 1.17. The summed E-state index contributed by atoms with van der Waals surface area (Å²) in [6.45, 7) is 6.40. The van der Waals surface area contributed by atoms with Crippen molar-refractivity contribution in [2.45, 2.75) is 38.9 Å². The van der Waals surface area contributed by atoms with Gasteiger partial charge in [-0.25, -0.2) is 9.97 Å². The van der Waals surface area contributed by atoms with Gasteiger partial charge in [-0.1, -0.05) is 6.07 Å². The van der Waals surface area contributed by atoms with E-state index in [1.165, 1.54) is 17.7 Å². The van der Waals surface area contributed by atoms with Crippen molar-refractivity contribution in [2.24, 2.45) is 5.92 Å². The summed E-state index contributed by atoms with van der Waals surface area (Å²) in [6, 6.07) is 5.68. The molecule has 124 valence electrons. The average Bonchev–Trinajstić information content (AvgIpc) is 3.03. The van der Waals surface area contributed by atoms with Crippen LogP contribution in [-0.2, 0) is 19.6 Å². The molecule has 0 radical (unpaired) electrons. The standard InChI is InChI=1S/C18H21N5O/c1-11-20-15-7-19-6-14(15)18(21-11)22-8-12-5-13(10-22)16-3-2-4-17(24)23(16)9-12/h2-4,12-13,19H,5-10H2,1H3/t12-,13-/m0/s1.